The fourth-order valence-corrected chi connectivity index (χ4v) is 1.81. The van der Waals surface area contributed by atoms with Crippen LogP contribution in [0.15, 0.2) is 18.2 Å². The molecule has 0 saturated carbocycles. The van der Waals surface area contributed by atoms with E-state index in [9.17, 15) is 9.90 Å². The Hall–Kier alpha value is -1.75. The molecule has 0 aliphatic rings. The molecule has 1 unspecified atom stereocenters. The van der Waals surface area contributed by atoms with Crippen molar-refractivity contribution in [3.8, 4) is 11.5 Å². The lowest BCUT2D eigenvalue weighted by atomic mass is 10.0. The summed E-state index contributed by atoms with van der Waals surface area (Å²) in [6, 6.07) is 4.55. The third-order valence-corrected chi connectivity index (χ3v) is 2.83. The van der Waals surface area contributed by atoms with E-state index in [-0.39, 0.29) is 18.2 Å². The first-order chi connectivity index (χ1) is 8.97. The zero-order valence-corrected chi connectivity index (χ0v) is 11.5. The van der Waals surface area contributed by atoms with E-state index in [2.05, 4.69) is 5.32 Å². The van der Waals surface area contributed by atoms with Crippen molar-refractivity contribution >= 4 is 5.97 Å². The molecule has 1 aromatic rings. The first-order valence-corrected chi connectivity index (χ1v) is 6.37. The molecule has 1 aromatic carbocycles. The Kier molecular flexibility index (Phi) is 5.63. The molecular weight excluding hydrogens is 246 g/mol. The number of rotatable bonds is 7. The molecule has 0 fully saturated rings. The predicted molar refractivity (Wildman–Crippen MR) is 72.4 cm³/mol. The molecule has 0 amide bonds. The van der Waals surface area contributed by atoms with Gasteiger partial charge in [-0.3, -0.25) is 10.1 Å². The molecule has 0 bridgehead atoms. The topological polar surface area (TPSA) is 78.8 Å². The van der Waals surface area contributed by atoms with Gasteiger partial charge in [0.25, 0.3) is 0 Å². The number of carboxylic acid groups (broad SMARTS) is 1. The van der Waals surface area contributed by atoms with Crippen LogP contribution in [0.3, 0.4) is 0 Å². The minimum absolute atomic E-state index is 0.0327. The van der Waals surface area contributed by atoms with Crippen molar-refractivity contribution in [3.05, 3.63) is 23.8 Å². The van der Waals surface area contributed by atoms with E-state index in [1.54, 1.807) is 18.2 Å². The van der Waals surface area contributed by atoms with Gasteiger partial charge in [0.1, 0.15) is 6.04 Å². The zero-order valence-electron chi connectivity index (χ0n) is 11.5. The Balaban J connectivity index is 2.77. The largest absolute Gasteiger partial charge is 0.504 e. The van der Waals surface area contributed by atoms with Gasteiger partial charge in [0, 0.05) is 12.1 Å². The molecule has 19 heavy (non-hydrogen) atoms. The van der Waals surface area contributed by atoms with Gasteiger partial charge in [-0.2, -0.15) is 0 Å². The second-order valence-electron chi connectivity index (χ2n) is 4.64. The number of phenols is 1. The molecule has 0 aromatic heterocycles. The van der Waals surface area contributed by atoms with Crippen molar-refractivity contribution < 1.29 is 19.7 Å². The Labute approximate surface area is 113 Å². The molecule has 0 heterocycles. The first-order valence-electron chi connectivity index (χ1n) is 6.37. The van der Waals surface area contributed by atoms with Crippen LogP contribution < -0.4 is 10.1 Å². The fraction of sp³-hybridized carbons (Fsp3) is 0.500. The third kappa shape index (κ3) is 4.13. The van der Waals surface area contributed by atoms with Gasteiger partial charge in [-0.1, -0.05) is 26.0 Å². The van der Waals surface area contributed by atoms with Crippen molar-refractivity contribution in [2.75, 3.05) is 6.61 Å². The molecule has 5 nitrogen and oxygen atoms in total. The van der Waals surface area contributed by atoms with Crippen molar-refractivity contribution in [2.45, 2.75) is 33.4 Å². The monoisotopic (exact) mass is 267 g/mol. The van der Waals surface area contributed by atoms with Crippen molar-refractivity contribution in [1.82, 2.24) is 5.32 Å². The number of carbonyl (C=O) groups is 1. The smallest absolute Gasteiger partial charge is 0.320 e. The Morgan fingerprint density at radius 3 is 2.63 bits per heavy atom. The molecule has 0 aliphatic carbocycles. The van der Waals surface area contributed by atoms with Gasteiger partial charge in [0.15, 0.2) is 11.5 Å². The maximum Gasteiger partial charge on any atom is 0.320 e. The minimum Gasteiger partial charge on any atom is -0.504 e. The van der Waals surface area contributed by atoms with Crippen molar-refractivity contribution in [3.63, 3.8) is 0 Å². The highest BCUT2D eigenvalue weighted by Gasteiger charge is 2.21. The summed E-state index contributed by atoms with van der Waals surface area (Å²) in [5, 5.41) is 22.0. The summed E-state index contributed by atoms with van der Waals surface area (Å²) in [5.74, 6) is -0.451. The van der Waals surface area contributed by atoms with Gasteiger partial charge >= 0.3 is 5.97 Å². The van der Waals surface area contributed by atoms with E-state index in [4.69, 9.17) is 9.84 Å². The highest BCUT2D eigenvalue weighted by atomic mass is 16.5. The second kappa shape index (κ2) is 6.99. The molecule has 0 radical (unpaired) electrons. The number of hydrogen-bond donors (Lipinski definition) is 3. The van der Waals surface area contributed by atoms with Gasteiger partial charge in [0.2, 0.25) is 0 Å². The quantitative estimate of drug-likeness (QED) is 0.704. The van der Waals surface area contributed by atoms with Crippen LogP contribution in [0.5, 0.6) is 11.5 Å². The van der Waals surface area contributed by atoms with Crippen LogP contribution >= 0.6 is 0 Å². The standard InChI is InChI=1S/C14H21NO4/c1-4-19-11-7-5-6-10(13(11)16)8-15-12(9(2)3)14(17)18/h5-7,9,12,15-16H,4,8H2,1-3H3,(H,17,18). The van der Waals surface area contributed by atoms with Crippen molar-refractivity contribution in [1.29, 1.82) is 0 Å². The lowest BCUT2D eigenvalue weighted by molar-refractivity contribution is -0.140. The maximum absolute atomic E-state index is 11.1. The highest BCUT2D eigenvalue weighted by Crippen LogP contribution is 2.29. The third-order valence-electron chi connectivity index (χ3n) is 2.83. The summed E-state index contributed by atoms with van der Waals surface area (Å²) in [7, 11) is 0. The lowest BCUT2D eigenvalue weighted by Gasteiger charge is -2.18. The molecule has 5 heteroatoms. The van der Waals surface area contributed by atoms with E-state index in [0.717, 1.165) is 0 Å². The summed E-state index contributed by atoms with van der Waals surface area (Å²) in [5.41, 5.74) is 0.623. The number of hydrogen-bond acceptors (Lipinski definition) is 4. The lowest BCUT2D eigenvalue weighted by Crippen LogP contribution is -2.40. The summed E-state index contributed by atoms with van der Waals surface area (Å²) in [4.78, 5) is 11.1. The van der Waals surface area contributed by atoms with Gasteiger partial charge < -0.3 is 14.9 Å². The molecule has 0 aliphatic heterocycles. The van der Waals surface area contributed by atoms with E-state index < -0.39 is 12.0 Å². The Bertz CT molecular complexity index is 431. The number of nitrogens with one attached hydrogen (secondary N) is 1. The summed E-state index contributed by atoms with van der Waals surface area (Å²) < 4.78 is 5.28. The summed E-state index contributed by atoms with van der Waals surface area (Å²) >= 11 is 0. The highest BCUT2D eigenvalue weighted by molar-refractivity contribution is 5.73. The molecule has 0 spiro atoms. The SMILES string of the molecule is CCOc1cccc(CNC(C(=O)O)C(C)C)c1O. The van der Waals surface area contributed by atoms with Gasteiger partial charge in [-0.05, 0) is 18.9 Å². The second-order valence-corrected chi connectivity index (χ2v) is 4.64. The Morgan fingerprint density at radius 2 is 2.11 bits per heavy atom. The molecule has 106 valence electrons. The number of benzene rings is 1. The van der Waals surface area contributed by atoms with Crippen LogP contribution in [0, 0.1) is 5.92 Å². The predicted octanol–water partition coefficient (Wildman–Crippen LogP) is 1.99. The number of ether oxygens (including phenoxy) is 1. The van der Waals surface area contributed by atoms with Crippen molar-refractivity contribution in [2.24, 2.45) is 5.92 Å². The maximum atomic E-state index is 11.1. The van der Waals surface area contributed by atoms with Crippen LogP contribution in [-0.4, -0.2) is 28.8 Å². The molecule has 0 saturated heterocycles. The van der Waals surface area contributed by atoms with E-state index in [1.165, 1.54) is 0 Å². The zero-order chi connectivity index (χ0) is 14.4. The average Bonchev–Trinajstić information content (AvgIpc) is 2.33. The van der Waals surface area contributed by atoms with Gasteiger partial charge in [0.05, 0.1) is 6.61 Å². The number of para-hydroxylation sites is 1. The number of carboxylic acids is 1. The number of aromatic hydroxyl groups is 1. The Morgan fingerprint density at radius 1 is 1.42 bits per heavy atom. The summed E-state index contributed by atoms with van der Waals surface area (Å²) in [6.45, 7) is 6.25. The minimum atomic E-state index is -0.893. The fourth-order valence-electron chi connectivity index (χ4n) is 1.81. The molecular formula is C14H21NO4. The van der Waals surface area contributed by atoms with Crippen LogP contribution in [-0.2, 0) is 11.3 Å². The average molecular weight is 267 g/mol. The number of phenolic OH excluding ortho intramolecular Hbond substituents is 1. The summed E-state index contributed by atoms with van der Waals surface area (Å²) in [6.07, 6.45) is 0. The molecule has 1 rings (SSSR count). The first kappa shape index (κ1) is 15.3. The van der Waals surface area contributed by atoms with E-state index in [0.29, 0.717) is 17.9 Å². The van der Waals surface area contributed by atoms with E-state index >= 15 is 0 Å². The van der Waals surface area contributed by atoms with Gasteiger partial charge in [-0.15, -0.1) is 0 Å². The normalized spacial score (nSPS) is 12.4. The van der Waals surface area contributed by atoms with Crippen LogP contribution in [0.4, 0.5) is 0 Å². The van der Waals surface area contributed by atoms with Gasteiger partial charge in [-0.25, -0.2) is 0 Å². The van der Waals surface area contributed by atoms with Crippen LogP contribution in [0.2, 0.25) is 0 Å². The van der Waals surface area contributed by atoms with E-state index in [1.807, 2.05) is 20.8 Å². The molecule has 1 atom stereocenters. The van der Waals surface area contributed by atoms with Crippen LogP contribution in [0.25, 0.3) is 0 Å². The molecule has 3 N–H and O–H groups in total. The van der Waals surface area contributed by atoms with Crippen LogP contribution in [0.1, 0.15) is 26.3 Å². The number of aliphatic carboxylic acids is 1.